The predicted molar refractivity (Wildman–Crippen MR) is 73.9 cm³/mol. The van der Waals surface area contributed by atoms with E-state index < -0.39 is 0 Å². The second-order valence-corrected chi connectivity index (χ2v) is 5.88. The van der Waals surface area contributed by atoms with Gasteiger partial charge in [-0.25, -0.2) is 0 Å². The number of hydrogen-bond acceptors (Lipinski definition) is 2. The van der Waals surface area contributed by atoms with Gasteiger partial charge in [0, 0.05) is 23.0 Å². The minimum atomic E-state index is 0.104. The normalized spacial score (nSPS) is 11.9. The molecule has 17 heavy (non-hydrogen) atoms. The number of nitrogens with one attached hydrogen (secondary N) is 1. The molecule has 0 aliphatic carbocycles. The van der Waals surface area contributed by atoms with Crippen molar-refractivity contribution in [1.82, 2.24) is 5.32 Å². The third kappa shape index (κ3) is 5.94. The fraction of sp³-hybridized carbons (Fsp3) is 0.571. The van der Waals surface area contributed by atoms with E-state index in [9.17, 15) is 0 Å². The highest BCUT2D eigenvalue weighted by molar-refractivity contribution is 6.30. The molecular weight excluding hydrogens is 234 g/mol. The van der Waals surface area contributed by atoms with Gasteiger partial charge in [-0.15, -0.1) is 0 Å². The molecule has 0 radical (unpaired) electrons. The van der Waals surface area contributed by atoms with Gasteiger partial charge in [0.1, 0.15) is 5.75 Å². The van der Waals surface area contributed by atoms with Crippen molar-refractivity contribution in [2.45, 2.75) is 33.7 Å². The molecule has 96 valence electrons. The number of benzene rings is 1. The highest BCUT2D eigenvalue weighted by atomic mass is 35.5. The molecule has 0 bridgehead atoms. The molecule has 1 N–H and O–H groups in total. The Balaban J connectivity index is 2.43. The highest BCUT2D eigenvalue weighted by Crippen LogP contribution is 2.21. The van der Waals surface area contributed by atoms with E-state index in [4.69, 9.17) is 16.3 Å². The lowest BCUT2D eigenvalue weighted by Crippen LogP contribution is -2.37. The number of halogens is 1. The van der Waals surface area contributed by atoms with Crippen molar-refractivity contribution in [1.29, 1.82) is 0 Å². The average Bonchev–Trinajstić information content (AvgIpc) is 2.24. The molecule has 0 heterocycles. The molecule has 0 saturated carbocycles. The van der Waals surface area contributed by atoms with E-state index >= 15 is 0 Å². The molecule has 0 saturated heterocycles. The summed E-state index contributed by atoms with van der Waals surface area (Å²) in [4.78, 5) is 0. The molecule has 0 atom stereocenters. The fourth-order valence-electron chi connectivity index (χ4n) is 1.37. The lowest BCUT2D eigenvalue weighted by atomic mass is 9.94. The summed E-state index contributed by atoms with van der Waals surface area (Å²) in [7, 11) is 0. The van der Waals surface area contributed by atoms with Gasteiger partial charge in [0.05, 0.1) is 6.61 Å². The van der Waals surface area contributed by atoms with Crippen molar-refractivity contribution in [3.8, 4) is 5.75 Å². The Labute approximate surface area is 109 Å². The van der Waals surface area contributed by atoms with Gasteiger partial charge in [0.15, 0.2) is 0 Å². The van der Waals surface area contributed by atoms with E-state index in [2.05, 4.69) is 33.0 Å². The van der Waals surface area contributed by atoms with Crippen molar-refractivity contribution in [3.05, 3.63) is 29.3 Å². The van der Waals surface area contributed by atoms with Crippen LogP contribution in [0, 0.1) is 5.41 Å². The maximum Gasteiger partial charge on any atom is 0.120 e. The van der Waals surface area contributed by atoms with Crippen molar-refractivity contribution < 1.29 is 4.74 Å². The van der Waals surface area contributed by atoms with E-state index in [-0.39, 0.29) is 5.41 Å². The first-order valence-electron chi connectivity index (χ1n) is 6.01. The molecule has 0 aromatic heterocycles. The summed E-state index contributed by atoms with van der Waals surface area (Å²) in [6.45, 7) is 10.3. The lowest BCUT2D eigenvalue weighted by molar-refractivity contribution is 0.173. The summed E-state index contributed by atoms with van der Waals surface area (Å²) in [6.07, 6.45) is 0. The maximum atomic E-state index is 5.91. The monoisotopic (exact) mass is 255 g/mol. The zero-order chi connectivity index (χ0) is 12.9. The Bertz CT molecular complexity index is 350. The summed E-state index contributed by atoms with van der Waals surface area (Å²) in [5.41, 5.74) is 0.104. The van der Waals surface area contributed by atoms with Gasteiger partial charge in [-0.2, -0.15) is 0 Å². The molecule has 0 amide bonds. The number of ether oxygens (including phenoxy) is 1. The Morgan fingerprint density at radius 3 is 2.65 bits per heavy atom. The van der Waals surface area contributed by atoms with Gasteiger partial charge in [0.25, 0.3) is 0 Å². The van der Waals surface area contributed by atoms with Crippen LogP contribution in [0.4, 0.5) is 0 Å². The second-order valence-electron chi connectivity index (χ2n) is 5.45. The fourth-order valence-corrected chi connectivity index (χ4v) is 1.55. The Kier molecular flexibility index (Phi) is 5.29. The smallest absolute Gasteiger partial charge is 0.120 e. The molecule has 0 aliphatic heterocycles. The first-order valence-corrected chi connectivity index (χ1v) is 6.39. The van der Waals surface area contributed by atoms with Crippen LogP contribution in [0.3, 0.4) is 0 Å². The molecule has 2 nitrogen and oxygen atoms in total. The van der Waals surface area contributed by atoms with Crippen LogP contribution in [0.1, 0.15) is 27.7 Å². The molecule has 3 heteroatoms. The average molecular weight is 256 g/mol. The SMILES string of the molecule is CC(C)NCC(C)(C)COc1cccc(Cl)c1. The zero-order valence-electron chi connectivity index (χ0n) is 11.1. The maximum absolute atomic E-state index is 5.91. The van der Waals surface area contributed by atoms with Crippen LogP contribution in [-0.4, -0.2) is 19.2 Å². The standard InChI is InChI=1S/C14H22ClNO/c1-11(2)16-9-14(3,4)10-17-13-7-5-6-12(15)8-13/h5-8,11,16H,9-10H2,1-4H3. The number of hydrogen-bond donors (Lipinski definition) is 1. The molecular formula is C14H22ClNO. The first kappa shape index (κ1) is 14.3. The zero-order valence-corrected chi connectivity index (χ0v) is 11.8. The summed E-state index contributed by atoms with van der Waals surface area (Å²) < 4.78 is 5.76. The molecule has 0 aliphatic rings. The van der Waals surface area contributed by atoms with Crippen LogP contribution in [0.2, 0.25) is 5.02 Å². The predicted octanol–water partition coefficient (Wildman–Crippen LogP) is 3.74. The summed E-state index contributed by atoms with van der Waals surface area (Å²) >= 11 is 5.91. The van der Waals surface area contributed by atoms with E-state index in [1.807, 2.05) is 24.3 Å². The molecule has 0 unspecified atom stereocenters. The summed E-state index contributed by atoms with van der Waals surface area (Å²) in [6, 6.07) is 8.02. The molecule has 1 aromatic carbocycles. The lowest BCUT2D eigenvalue weighted by Gasteiger charge is -2.26. The molecule has 1 rings (SSSR count). The van der Waals surface area contributed by atoms with Crippen LogP contribution >= 0.6 is 11.6 Å². The summed E-state index contributed by atoms with van der Waals surface area (Å²) in [5.74, 6) is 0.829. The van der Waals surface area contributed by atoms with Crippen LogP contribution in [-0.2, 0) is 0 Å². The van der Waals surface area contributed by atoms with Crippen molar-refractivity contribution in [3.63, 3.8) is 0 Å². The minimum absolute atomic E-state index is 0.104. The van der Waals surface area contributed by atoms with E-state index in [1.54, 1.807) is 0 Å². The van der Waals surface area contributed by atoms with E-state index in [0.29, 0.717) is 17.7 Å². The third-order valence-electron chi connectivity index (χ3n) is 2.41. The summed E-state index contributed by atoms with van der Waals surface area (Å²) in [5, 5.41) is 4.14. The minimum Gasteiger partial charge on any atom is -0.493 e. The Morgan fingerprint density at radius 1 is 1.35 bits per heavy atom. The largest absolute Gasteiger partial charge is 0.493 e. The quantitative estimate of drug-likeness (QED) is 0.836. The van der Waals surface area contributed by atoms with Crippen LogP contribution < -0.4 is 10.1 Å². The first-order chi connectivity index (χ1) is 7.89. The Hall–Kier alpha value is -0.730. The molecule has 0 spiro atoms. The molecule has 1 aromatic rings. The van der Waals surface area contributed by atoms with Crippen LogP contribution in [0.5, 0.6) is 5.75 Å². The Morgan fingerprint density at radius 2 is 2.06 bits per heavy atom. The van der Waals surface area contributed by atoms with Gasteiger partial charge in [-0.3, -0.25) is 0 Å². The number of rotatable bonds is 6. The topological polar surface area (TPSA) is 21.3 Å². The third-order valence-corrected chi connectivity index (χ3v) is 2.65. The van der Waals surface area contributed by atoms with E-state index in [0.717, 1.165) is 12.3 Å². The van der Waals surface area contributed by atoms with Gasteiger partial charge >= 0.3 is 0 Å². The van der Waals surface area contributed by atoms with Gasteiger partial charge in [0.2, 0.25) is 0 Å². The van der Waals surface area contributed by atoms with E-state index in [1.165, 1.54) is 0 Å². The van der Waals surface area contributed by atoms with Crippen molar-refractivity contribution in [2.24, 2.45) is 5.41 Å². The van der Waals surface area contributed by atoms with Crippen molar-refractivity contribution in [2.75, 3.05) is 13.2 Å². The second kappa shape index (κ2) is 6.27. The van der Waals surface area contributed by atoms with Crippen molar-refractivity contribution >= 4 is 11.6 Å². The van der Waals surface area contributed by atoms with Gasteiger partial charge in [-0.1, -0.05) is 45.4 Å². The van der Waals surface area contributed by atoms with Crippen LogP contribution in [0.15, 0.2) is 24.3 Å². The molecule has 0 fully saturated rings. The highest BCUT2D eigenvalue weighted by Gasteiger charge is 2.19. The van der Waals surface area contributed by atoms with Gasteiger partial charge < -0.3 is 10.1 Å². The van der Waals surface area contributed by atoms with Crippen LogP contribution in [0.25, 0.3) is 0 Å². The van der Waals surface area contributed by atoms with Gasteiger partial charge in [-0.05, 0) is 18.2 Å².